The van der Waals surface area contributed by atoms with Crippen LogP contribution in [-0.2, 0) is 0 Å². The fraction of sp³-hybridized carbons (Fsp3) is 0.625. The van der Waals surface area contributed by atoms with Crippen molar-refractivity contribution in [3.05, 3.63) is 23.9 Å². The summed E-state index contributed by atoms with van der Waals surface area (Å²) in [6.45, 7) is 4.12. The molecular formula is C16H24N2O3. The molecule has 0 aromatic carbocycles. The molecular weight excluding hydrogens is 268 g/mol. The lowest BCUT2D eigenvalue weighted by Gasteiger charge is -2.26. The highest BCUT2D eigenvalue weighted by molar-refractivity contribution is 5.94. The number of nitrogens with zero attached hydrogens (tertiary/aromatic N) is 1. The molecule has 1 aromatic rings. The topological polar surface area (TPSA) is 71.5 Å². The molecule has 5 nitrogen and oxygen atoms in total. The molecule has 1 saturated carbocycles. The molecule has 21 heavy (non-hydrogen) atoms. The van der Waals surface area contributed by atoms with Crippen LogP contribution >= 0.6 is 0 Å². The van der Waals surface area contributed by atoms with Gasteiger partial charge in [-0.15, -0.1) is 0 Å². The quantitative estimate of drug-likeness (QED) is 0.808. The molecule has 1 unspecified atom stereocenters. The Morgan fingerprint density at radius 2 is 2.29 bits per heavy atom. The van der Waals surface area contributed by atoms with Crippen LogP contribution in [0.25, 0.3) is 0 Å². The Labute approximate surface area is 125 Å². The average Bonchev–Trinajstić information content (AvgIpc) is 2.42. The third-order valence-corrected chi connectivity index (χ3v) is 3.90. The number of aliphatic hydroxyl groups excluding tert-OH is 1. The van der Waals surface area contributed by atoms with Crippen molar-refractivity contribution < 1.29 is 14.6 Å². The molecule has 1 heterocycles. The zero-order chi connectivity index (χ0) is 15.2. The number of rotatable bonds is 7. The minimum Gasteiger partial charge on any atom is -0.474 e. The number of hydrogen-bond acceptors (Lipinski definition) is 4. The van der Waals surface area contributed by atoms with Crippen LogP contribution in [0.2, 0.25) is 0 Å². The first-order valence-corrected chi connectivity index (χ1v) is 7.64. The summed E-state index contributed by atoms with van der Waals surface area (Å²) in [6.07, 6.45) is 5.71. The second kappa shape index (κ2) is 7.41. The number of hydrogen-bond donors (Lipinski definition) is 2. The van der Waals surface area contributed by atoms with Crippen LogP contribution < -0.4 is 10.1 Å². The number of carbonyl (C=O) groups excluding carboxylic acids is 1. The van der Waals surface area contributed by atoms with Gasteiger partial charge in [-0.25, -0.2) is 4.98 Å². The van der Waals surface area contributed by atoms with E-state index in [1.165, 1.54) is 6.42 Å². The van der Waals surface area contributed by atoms with Gasteiger partial charge < -0.3 is 15.2 Å². The van der Waals surface area contributed by atoms with Crippen LogP contribution in [0, 0.1) is 5.92 Å². The predicted molar refractivity (Wildman–Crippen MR) is 80.3 cm³/mol. The smallest absolute Gasteiger partial charge is 0.251 e. The molecule has 1 aliphatic carbocycles. The minimum absolute atomic E-state index is 0.0355. The summed E-state index contributed by atoms with van der Waals surface area (Å²) in [5.74, 6) is 0.632. The molecule has 0 saturated heterocycles. The predicted octanol–water partition coefficient (Wildman–Crippen LogP) is 2.15. The molecule has 1 fully saturated rings. The zero-order valence-corrected chi connectivity index (χ0v) is 12.7. The lowest BCUT2D eigenvalue weighted by atomic mass is 9.96. The lowest BCUT2D eigenvalue weighted by molar-refractivity contribution is 0.0912. The molecule has 2 N–H and O–H groups in total. The van der Waals surface area contributed by atoms with E-state index in [2.05, 4.69) is 10.3 Å². The van der Waals surface area contributed by atoms with E-state index in [4.69, 9.17) is 9.84 Å². The zero-order valence-electron chi connectivity index (χ0n) is 12.7. The SMILES string of the molecule is CC(C)C(CCO)NC(=O)c1ccnc(OC2CCC2)c1. The van der Waals surface area contributed by atoms with E-state index in [1.54, 1.807) is 18.3 Å². The number of nitrogens with one attached hydrogen (secondary N) is 1. The van der Waals surface area contributed by atoms with E-state index in [0.29, 0.717) is 17.9 Å². The summed E-state index contributed by atoms with van der Waals surface area (Å²) in [4.78, 5) is 16.4. The molecule has 0 spiro atoms. The molecule has 1 atom stereocenters. The van der Waals surface area contributed by atoms with Crippen molar-refractivity contribution in [1.82, 2.24) is 10.3 Å². The molecule has 0 aliphatic heterocycles. The Kier molecular flexibility index (Phi) is 5.56. The van der Waals surface area contributed by atoms with Gasteiger partial charge in [0.1, 0.15) is 6.10 Å². The van der Waals surface area contributed by atoms with Crippen molar-refractivity contribution in [3.8, 4) is 5.88 Å². The first kappa shape index (κ1) is 15.8. The van der Waals surface area contributed by atoms with E-state index in [1.807, 2.05) is 13.8 Å². The van der Waals surface area contributed by atoms with Crippen LogP contribution in [0.3, 0.4) is 0 Å². The fourth-order valence-corrected chi connectivity index (χ4v) is 2.24. The van der Waals surface area contributed by atoms with Gasteiger partial charge in [-0.3, -0.25) is 4.79 Å². The molecule has 0 radical (unpaired) electrons. The summed E-state index contributed by atoms with van der Waals surface area (Å²) < 4.78 is 5.71. The van der Waals surface area contributed by atoms with Gasteiger partial charge in [-0.2, -0.15) is 0 Å². The molecule has 1 aliphatic rings. The molecule has 1 amide bonds. The molecule has 1 aromatic heterocycles. The van der Waals surface area contributed by atoms with Crippen molar-refractivity contribution in [2.75, 3.05) is 6.61 Å². The molecule has 116 valence electrons. The van der Waals surface area contributed by atoms with Crippen LogP contribution in [0.15, 0.2) is 18.3 Å². The van der Waals surface area contributed by atoms with Gasteiger partial charge in [0, 0.05) is 30.5 Å². The van der Waals surface area contributed by atoms with Gasteiger partial charge in [0.05, 0.1) is 0 Å². The van der Waals surface area contributed by atoms with Crippen molar-refractivity contribution in [2.45, 2.75) is 51.7 Å². The number of aliphatic hydroxyl groups is 1. The number of amides is 1. The molecule has 0 bridgehead atoms. The van der Waals surface area contributed by atoms with Gasteiger partial charge in [-0.1, -0.05) is 13.8 Å². The van der Waals surface area contributed by atoms with Crippen molar-refractivity contribution >= 4 is 5.91 Å². The van der Waals surface area contributed by atoms with Crippen molar-refractivity contribution in [1.29, 1.82) is 0 Å². The van der Waals surface area contributed by atoms with Crippen LogP contribution in [0.1, 0.15) is 49.9 Å². The first-order chi connectivity index (χ1) is 10.1. The second-order valence-electron chi connectivity index (χ2n) is 5.89. The second-order valence-corrected chi connectivity index (χ2v) is 5.89. The Balaban J connectivity index is 1.98. The Morgan fingerprint density at radius 3 is 2.86 bits per heavy atom. The van der Waals surface area contributed by atoms with Gasteiger partial charge in [0.2, 0.25) is 5.88 Å². The van der Waals surface area contributed by atoms with Crippen LogP contribution in [-0.4, -0.2) is 34.8 Å². The highest BCUT2D eigenvalue weighted by Gasteiger charge is 2.21. The Morgan fingerprint density at radius 1 is 1.52 bits per heavy atom. The number of aromatic nitrogens is 1. The minimum atomic E-state index is -0.150. The van der Waals surface area contributed by atoms with E-state index in [9.17, 15) is 4.79 Å². The summed E-state index contributed by atoms with van der Waals surface area (Å²) in [5.41, 5.74) is 0.544. The maximum Gasteiger partial charge on any atom is 0.251 e. The van der Waals surface area contributed by atoms with Crippen molar-refractivity contribution in [2.24, 2.45) is 5.92 Å². The molecule has 2 rings (SSSR count). The monoisotopic (exact) mass is 292 g/mol. The van der Waals surface area contributed by atoms with Crippen LogP contribution in [0.4, 0.5) is 0 Å². The summed E-state index contributed by atoms with van der Waals surface area (Å²) in [5, 5.41) is 12.0. The third kappa shape index (κ3) is 4.43. The highest BCUT2D eigenvalue weighted by Crippen LogP contribution is 2.24. The summed E-state index contributed by atoms with van der Waals surface area (Å²) >= 11 is 0. The summed E-state index contributed by atoms with van der Waals surface area (Å²) in [6, 6.07) is 3.33. The van der Waals surface area contributed by atoms with Gasteiger partial charge in [-0.05, 0) is 37.7 Å². The highest BCUT2D eigenvalue weighted by atomic mass is 16.5. The standard InChI is InChI=1S/C16H24N2O3/c1-11(2)14(7-9-19)18-16(20)12-6-8-17-15(10-12)21-13-4-3-5-13/h6,8,10-11,13-14,19H,3-5,7,9H2,1-2H3,(H,18,20). The fourth-order valence-electron chi connectivity index (χ4n) is 2.24. The van der Waals surface area contributed by atoms with Gasteiger partial charge >= 0.3 is 0 Å². The largest absolute Gasteiger partial charge is 0.474 e. The number of ether oxygens (including phenoxy) is 1. The first-order valence-electron chi connectivity index (χ1n) is 7.64. The maximum absolute atomic E-state index is 12.3. The van der Waals surface area contributed by atoms with E-state index < -0.39 is 0 Å². The van der Waals surface area contributed by atoms with Gasteiger partial charge in [0.15, 0.2) is 0 Å². The Bertz CT molecular complexity index is 472. The lowest BCUT2D eigenvalue weighted by Crippen LogP contribution is -2.39. The van der Waals surface area contributed by atoms with E-state index in [0.717, 1.165) is 12.8 Å². The molecule has 5 heteroatoms. The normalized spacial score (nSPS) is 16.4. The van der Waals surface area contributed by atoms with Crippen molar-refractivity contribution in [3.63, 3.8) is 0 Å². The number of pyridine rings is 1. The van der Waals surface area contributed by atoms with E-state index in [-0.39, 0.29) is 30.6 Å². The maximum atomic E-state index is 12.3. The average molecular weight is 292 g/mol. The summed E-state index contributed by atoms with van der Waals surface area (Å²) in [7, 11) is 0. The van der Waals surface area contributed by atoms with Gasteiger partial charge in [0.25, 0.3) is 5.91 Å². The Hall–Kier alpha value is -1.62. The third-order valence-electron chi connectivity index (χ3n) is 3.90. The number of carbonyl (C=O) groups is 1. The van der Waals surface area contributed by atoms with E-state index >= 15 is 0 Å². The van der Waals surface area contributed by atoms with Crippen LogP contribution in [0.5, 0.6) is 5.88 Å².